The van der Waals surface area contributed by atoms with E-state index in [-0.39, 0.29) is 35.5 Å². The van der Waals surface area contributed by atoms with Gasteiger partial charge in [0.1, 0.15) is 0 Å². The fourth-order valence-corrected chi connectivity index (χ4v) is 3.68. The molecule has 30 heavy (non-hydrogen) atoms. The third kappa shape index (κ3) is 4.33. The topological polar surface area (TPSA) is 152 Å². The van der Waals surface area contributed by atoms with Gasteiger partial charge in [-0.25, -0.2) is 0 Å². The third-order valence-electron chi connectivity index (χ3n) is 5.59. The number of aromatic nitrogens is 3. The van der Waals surface area contributed by atoms with Gasteiger partial charge in [-0.05, 0) is 43.5 Å². The number of likely N-dealkylation sites (tertiary alicyclic amines) is 1. The van der Waals surface area contributed by atoms with Crippen LogP contribution in [0.2, 0.25) is 0 Å². The number of hydrogen-bond acceptors (Lipinski definition) is 8. The lowest BCUT2D eigenvalue weighted by Gasteiger charge is -2.30. The first-order valence-electron chi connectivity index (χ1n) is 10.2. The first-order valence-corrected chi connectivity index (χ1v) is 10.2. The molecule has 2 atom stereocenters. The highest BCUT2D eigenvalue weighted by molar-refractivity contribution is 5.97. The predicted octanol–water partition coefficient (Wildman–Crippen LogP) is 1.24. The van der Waals surface area contributed by atoms with Crippen LogP contribution in [0.3, 0.4) is 0 Å². The smallest absolute Gasteiger partial charge is 0.273 e. The van der Waals surface area contributed by atoms with E-state index in [1.807, 2.05) is 0 Å². The second-order valence-electron chi connectivity index (χ2n) is 7.74. The van der Waals surface area contributed by atoms with Crippen molar-refractivity contribution in [3.8, 4) is 0 Å². The number of benzene rings is 1. The zero-order valence-electron chi connectivity index (χ0n) is 16.7. The molecule has 1 aliphatic heterocycles. The van der Waals surface area contributed by atoms with Crippen LogP contribution in [0.5, 0.6) is 0 Å². The highest BCUT2D eigenvalue weighted by Gasteiger charge is 2.24. The van der Waals surface area contributed by atoms with E-state index in [2.05, 4.69) is 25.8 Å². The van der Waals surface area contributed by atoms with Gasteiger partial charge < -0.3 is 27.0 Å². The molecule has 10 heteroatoms. The number of carbonyl (C=O) groups is 2. The first-order chi connectivity index (χ1) is 14.5. The van der Waals surface area contributed by atoms with Crippen LogP contribution in [-0.2, 0) is 0 Å². The molecular weight excluding hydrogens is 384 g/mol. The lowest BCUT2D eigenvalue weighted by atomic mass is 9.91. The summed E-state index contributed by atoms with van der Waals surface area (Å²) in [6.07, 6.45) is 5.12. The van der Waals surface area contributed by atoms with Crippen molar-refractivity contribution in [2.24, 2.45) is 11.5 Å². The maximum absolute atomic E-state index is 12.3. The fraction of sp³-hybridized carbons (Fsp3) is 0.450. The zero-order chi connectivity index (χ0) is 21.1. The zero-order valence-corrected chi connectivity index (χ0v) is 16.7. The Morgan fingerprint density at radius 1 is 1.03 bits per heavy atom. The van der Waals surface area contributed by atoms with Crippen molar-refractivity contribution < 1.29 is 9.59 Å². The fourth-order valence-electron chi connectivity index (χ4n) is 3.68. The Kier molecular flexibility index (Phi) is 5.75. The van der Waals surface area contributed by atoms with Crippen LogP contribution in [-0.4, -0.2) is 57.1 Å². The van der Waals surface area contributed by atoms with Gasteiger partial charge in [0.25, 0.3) is 11.8 Å². The molecule has 10 nitrogen and oxygen atoms in total. The maximum atomic E-state index is 12.3. The molecule has 0 bridgehead atoms. The molecule has 2 amide bonds. The van der Waals surface area contributed by atoms with Crippen molar-refractivity contribution in [1.82, 2.24) is 20.1 Å². The van der Waals surface area contributed by atoms with Gasteiger partial charge in [0.2, 0.25) is 5.95 Å². The summed E-state index contributed by atoms with van der Waals surface area (Å²) in [6.45, 7) is 1.60. The van der Waals surface area contributed by atoms with Crippen molar-refractivity contribution in [2.45, 2.75) is 44.2 Å². The Hall–Kier alpha value is -3.27. The Bertz CT molecular complexity index is 929. The monoisotopic (exact) mass is 410 g/mol. The number of primary amides is 1. The maximum Gasteiger partial charge on any atom is 0.273 e. The molecule has 2 aromatic rings. The summed E-state index contributed by atoms with van der Waals surface area (Å²) in [5, 5.41) is 14.2. The quantitative estimate of drug-likeness (QED) is 0.555. The minimum absolute atomic E-state index is 0.0182. The molecule has 2 aliphatic rings. The molecule has 1 aromatic heterocycles. The van der Waals surface area contributed by atoms with Crippen LogP contribution in [0, 0.1) is 0 Å². The lowest BCUT2D eigenvalue weighted by molar-refractivity contribution is 0.0651. The molecule has 158 valence electrons. The predicted molar refractivity (Wildman–Crippen MR) is 112 cm³/mol. The largest absolute Gasteiger partial charge is 0.364 e. The van der Waals surface area contributed by atoms with E-state index < -0.39 is 5.91 Å². The molecule has 1 aromatic carbocycles. The molecule has 0 radical (unpaired) electrons. The van der Waals surface area contributed by atoms with Gasteiger partial charge in [0.15, 0.2) is 11.5 Å². The first kappa shape index (κ1) is 20.0. The second kappa shape index (κ2) is 8.62. The van der Waals surface area contributed by atoms with Crippen LogP contribution in [0.15, 0.2) is 24.3 Å². The third-order valence-corrected chi connectivity index (χ3v) is 5.59. The number of hydrogen-bond donors (Lipinski definition) is 4. The molecule has 1 saturated carbocycles. The number of carbonyl (C=O) groups excluding carboxylic acids is 2. The van der Waals surface area contributed by atoms with E-state index in [0.717, 1.165) is 45.2 Å². The summed E-state index contributed by atoms with van der Waals surface area (Å²) in [4.78, 5) is 30.3. The summed E-state index contributed by atoms with van der Waals surface area (Å²) >= 11 is 0. The molecule has 6 N–H and O–H groups in total. The molecule has 1 aliphatic carbocycles. The van der Waals surface area contributed by atoms with Crippen molar-refractivity contribution in [3.63, 3.8) is 0 Å². The van der Waals surface area contributed by atoms with Crippen molar-refractivity contribution in [3.05, 3.63) is 35.5 Å². The number of nitrogens with one attached hydrogen (secondary N) is 2. The van der Waals surface area contributed by atoms with E-state index in [4.69, 9.17) is 11.5 Å². The molecule has 1 saturated heterocycles. The molecule has 0 unspecified atom stereocenters. The van der Waals surface area contributed by atoms with Gasteiger partial charge in [-0.3, -0.25) is 9.59 Å². The summed E-state index contributed by atoms with van der Waals surface area (Å²) in [5.74, 6) is -0.228. The van der Waals surface area contributed by atoms with Crippen LogP contribution in [0.1, 0.15) is 53.0 Å². The summed E-state index contributed by atoms with van der Waals surface area (Å²) in [7, 11) is 0. The van der Waals surface area contributed by atoms with E-state index in [0.29, 0.717) is 11.3 Å². The minimum atomic E-state index is -0.733. The van der Waals surface area contributed by atoms with Crippen LogP contribution in [0.4, 0.5) is 17.5 Å². The summed E-state index contributed by atoms with van der Waals surface area (Å²) in [6, 6.07) is 7.06. The highest BCUT2D eigenvalue weighted by atomic mass is 16.2. The van der Waals surface area contributed by atoms with Crippen molar-refractivity contribution >= 4 is 29.3 Å². The van der Waals surface area contributed by atoms with Gasteiger partial charge in [-0.2, -0.15) is 4.98 Å². The molecule has 2 heterocycles. The van der Waals surface area contributed by atoms with Gasteiger partial charge in [-0.1, -0.05) is 12.8 Å². The van der Waals surface area contributed by atoms with Crippen LogP contribution in [0.25, 0.3) is 0 Å². The number of rotatable bonds is 6. The van der Waals surface area contributed by atoms with E-state index >= 15 is 0 Å². The highest BCUT2D eigenvalue weighted by Crippen LogP contribution is 2.23. The summed E-state index contributed by atoms with van der Waals surface area (Å²) < 4.78 is 0. The minimum Gasteiger partial charge on any atom is -0.364 e. The van der Waals surface area contributed by atoms with Gasteiger partial charge in [0.05, 0.1) is 0 Å². The Morgan fingerprint density at radius 3 is 2.40 bits per heavy atom. The van der Waals surface area contributed by atoms with Crippen LogP contribution < -0.4 is 22.1 Å². The Balaban J connectivity index is 1.51. The van der Waals surface area contributed by atoms with Gasteiger partial charge in [0, 0.05) is 36.4 Å². The summed E-state index contributed by atoms with van der Waals surface area (Å²) in [5.41, 5.74) is 12.8. The number of nitrogens with zero attached hydrogens (tertiary/aromatic N) is 4. The van der Waals surface area contributed by atoms with E-state index in [9.17, 15) is 9.59 Å². The number of amides is 2. The molecular formula is C20H26N8O2. The van der Waals surface area contributed by atoms with Crippen LogP contribution >= 0.6 is 0 Å². The molecule has 0 spiro atoms. The SMILES string of the molecule is NC(=O)c1nnc(N[C@@H]2CCCC[C@@H]2N)nc1Nc1ccc(C(=O)N2CCC2)cc1. The average molecular weight is 410 g/mol. The Labute approximate surface area is 174 Å². The second-order valence-corrected chi connectivity index (χ2v) is 7.74. The number of anilines is 3. The lowest BCUT2D eigenvalue weighted by Crippen LogP contribution is -2.43. The van der Waals surface area contributed by atoms with Gasteiger partial charge >= 0.3 is 0 Å². The van der Waals surface area contributed by atoms with Crippen molar-refractivity contribution in [1.29, 1.82) is 0 Å². The number of nitrogens with two attached hydrogens (primary N) is 2. The normalized spacial score (nSPS) is 20.9. The van der Waals surface area contributed by atoms with E-state index in [1.165, 1.54) is 0 Å². The average Bonchev–Trinajstić information content (AvgIpc) is 2.69. The van der Waals surface area contributed by atoms with Gasteiger partial charge in [-0.15, -0.1) is 10.2 Å². The van der Waals surface area contributed by atoms with E-state index in [1.54, 1.807) is 29.2 Å². The molecule has 4 rings (SSSR count). The standard InChI is InChI=1S/C20H26N8O2/c21-14-4-1-2-5-15(14)24-20-25-18(16(17(22)29)26-27-20)23-13-8-6-12(7-9-13)19(30)28-10-3-11-28/h6-9,14-15H,1-5,10-11,21H2,(H2,22,29)(H2,23,24,25,27)/t14-,15+/m0/s1. The molecule has 2 fully saturated rings. The Morgan fingerprint density at radius 2 is 1.77 bits per heavy atom. The van der Waals surface area contributed by atoms with Crippen molar-refractivity contribution in [2.75, 3.05) is 23.7 Å².